The Morgan fingerprint density at radius 3 is 2.25 bits per heavy atom. The van der Waals surface area contributed by atoms with Crippen molar-refractivity contribution in [3.05, 3.63) is 125 Å². The van der Waals surface area contributed by atoms with Crippen LogP contribution >= 0.6 is 0 Å². The van der Waals surface area contributed by atoms with Gasteiger partial charge >= 0.3 is 6.09 Å². The molecule has 0 saturated carbocycles. The van der Waals surface area contributed by atoms with E-state index < -0.39 is 17.4 Å². The fourth-order valence-electron chi connectivity index (χ4n) is 7.51. The van der Waals surface area contributed by atoms with Gasteiger partial charge in [-0.05, 0) is 84.5 Å². The number of carbonyl (C=O) groups is 2. The average Bonchev–Trinajstić information content (AvgIpc) is 3.48. The largest absolute Gasteiger partial charge is 0.496 e. The zero-order valence-corrected chi connectivity index (χ0v) is 30.7. The normalized spacial score (nSPS) is 14.2. The summed E-state index contributed by atoms with van der Waals surface area (Å²) in [4.78, 5) is 31.4. The molecule has 7 rings (SSSR count). The highest BCUT2D eigenvalue weighted by atomic mass is 19.1. The number of carbonyl (C=O) groups excluding carboxylic acids is 2. The van der Waals surface area contributed by atoms with Crippen LogP contribution in [0.3, 0.4) is 0 Å². The fourth-order valence-corrected chi connectivity index (χ4v) is 7.51. The lowest BCUT2D eigenvalue weighted by Gasteiger charge is -2.40. The van der Waals surface area contributed by atoms with Crippen LogP contribution in [0.2, 0.25) is 0 Å². The molecule has 1 aliphatic carbocycles. The van der Waals surface area contributed by atoms with Crippen molar-refractivity contribution < 1.29 is 32.9 Å². The number of halogens is 1. The smallest absolute Gasteiger partial charge is 0.414 e. The second-order valence-electron chi connectivity index (χ2n) is 13.8. The van der Waals surface area contributed by atoms with E-state index in [0.29, 0.717) is 50.8 Å². The summed E-state index contributed by atoms with van der Waals surface area (Å²) in [5, 5.41) is 3.39. The fraction of sp³-hybridized carbons (Fsp3) is 0.256. The quantitative estimate of drug-likeness (QED) is 0.145. The van der Waals surface area contributed by atoms with Gasteiger partial charge in [0.2, 0.25) is 0 Å². The first-order chi connectivity index (χ1) is 25.5. The van der Waals surface area contributed by atoms with Crippen LogP contribution in [0.25, 0.3) is 22.3 Å². The summed E-state index contributed by atoms with van der Waals surface area (Å²) >= 11 is 0. The third-order valence-electron chi connectivity index (χ3n) is 10.0. The molecule has 9 nitrogen and oxygen atoms in total. The Bertz CT molecular complexity index is 2170. The van der Waals surface area contributed by atoms with Gasteiger partial charge in [-0.2, -0.15) is 0 Å². The van der Waals surface area contributed by atoms with Gasteiger partial charge in [-0.15, -0.1) is 0 Å². The zero-order chi connectivity index (χ0) is 37.4. The summed E-state index contributed by atoms with van der Waals surface area (Å²) in [5.41, 5.74) is 7.82. The van der Waals surface area contributed by atoms with E-state index in [2.05, 4.69) is 29.6 Å². The van der Waals surface area contributed by atoms with E-state index in [1.807, 2.05) is 63.2 Å². The van der Waals surface area contributed by atoms with E-state index in [0.717, 1.165) is 22.3 Å². The van der Waals surface area contributed by atoms with Crippen LogP contribution in [0.5, 0.6) is 11.5 Å². The van der Waals surface area contributed by atoms with Crippen LogP contribution < -0.4 is 24.6 Å². The molecule has 0 radical (unpaired) electrons. The van der Waals surface area contributed by atoms with Crippen LogP contribution in [0, 0.1) is 12.7 Å². The van der Waals surface area contributed by atoms with Gasteiger partial charge in [0.1, 0.15) is 29.5 Å². The summed E-state index contributed by atoms with van der Waals surface area (Å²) in [6, 6.07) is 29.9. The molecule has 1 aliphatic heterocycles. The summed E-state index contributed by atoms with van der Waals surface area (Å²) in [6.45, 7) is 5.53. The molecular weight excluding hydrogens is 673 g/mol. The lowest BCUT2D eigenvalue weighted by atomic mass is 9.91. The topological polar surface area (TPSA) is 89.6 Å². The monoisotopic (exact) mass is 715 g/mol. The van der Waals surface area contributed by atoms with Crippen molar-refractivity contribution in [3.63, 3.8) is 0 Å². The molecule has 0 fully saturated rings. The molecule has 10 heteroatoms. The van der Waals surface area contributed by atoms with E-state index in [9.17, 15) is 9.59 Å². The van der Waals surface area contributed by atoms with Crippen molar-refractivity contribution in [2.45, 2.75) is 38.8 Å². The van der Waals surface area contributed by atoms with Gasteiger partial charge in [-0.25, -0.2) is 9.18 Å². The minimum atomic E-state index is -0.885. The van der Waals surface area contributed by atoms with E-state index in [1.54, 1.807) is 44.4 Å². The summed E-state index contributed by atoms with van der Waals surface area (Å²) < 4.78 is 37.9. The minimum Gasteiger partial charge on any atom is -0.496 e. The molecule has 272 valence electrons. The highest BCUT2D eigenvalue weighted by molar-refractivity contribution is 6.09. The first kappa shape index (κ1) is 35.5. The Labute approximate surface area is 308 Å². The standard InChI is InChI=1S/C43H42FN3O6/c1-26-15-16-27(44)21-38(26)47(42(49)52-24-36-31-13-9-7-11-29(31)30-12-8-10-14-32(30)36)23-35-33(34-18-17-28(53-25-50-5)22-39(34)51-6)19-20-37-40(35)46(4)41(48)43(2,3)45-37/h7-22,36,45H,23-25H2,1-6H3. The number of rotatable bonds is 10. The molecule has 1 heterocycles. The SMILES string of the molecule is COCOc1ccc(-c2ccc3c(c2CN(C(=O)OCC2c4ccccc4-c4ccccc42)c2cc(F)ccc2C)N(C)C(=O)C(C)(C)N3)c(OC)c1. The van der Waals surface area contributed by atoms with Gasteiger partial charge in [0, 0.05) is 37.3 Å². The van der Waals surface area contributed by atoms with Gasteiger partial charge in [-0.3, -0.25) is 9.69 Å². The lowest BCUT2D eigenvalue weighted by Crippen LogP contribution is -2.53. The molecule has 53 heavy (non-hydrogen) atoms. The van der Waals surface area contributed by atoms with Gasteiger partial charge < -0.3 is 29.2 Å². The third kappa shape index (κ3) is 6.55. The van der Waals surface area contributed by atoms with Crippen LogP contribution in [0.15, 0.2) is 97.1 Å². The predicted octanol–water partition coefficient (Wildman–Crippen LogP) is 8.92. The number of likely N-dealkylation sites (N-methyl/N-ethyl adjacent to an activating group) is 1. The van der Waals surface area contributed by atoms with Crippen LogP contribution in [0.1, 0.15) is 42.0 Å². The first-order valence-electron chi connectivity index (χ1n) is 17.4. The van der Waals surface area contributed by atoms with Crippen molar-refractivity contribution in [2.24, 2.45) is 0 Å². The van der Waals surface area contributed by atoms with E-state index >= 15 is 4.39 Å². The van der Waals surface area contributed by atoms with Crippen molar-refractivity contribution in [2.75, 3.05) is 49.8 Å². The molecule has 0 bridgehead atoms. The molecule has 5 aromatic carbocycles. The maximum atomic E-state index is 15.0. The Hall–Kier alpha value is -5.87. The Morgan fingerprint density at radius 1 is 0.887 bits per heavy atom. The number of amides is 2. The highest BCUT2D eigenvalue weighted by Crippen LogP contribution is 2.47. The van der Waals surface area contributed by atoms with E-state index in [4.69, 9.17) is 18.9 Å². The van der Waals surface area contributed by atoms with Crippen molar-refractivity contribution in [1.82, 2.24) is 0 Å². The van der Waals surface area contributed by atoms with E-state index in [1.165, 1.54) is 17.0 Å². The molecule has 2 amide bonds. The van der Waals surface area contributed by atoms with Crippen molar-refractivity contribution >= 4 is 29.1 Å². The van der Waals surface area contributed by atoms with E-state index in [-0.39, 0.29) is 31.8 Å². The molecular formula is C43H42FN3O6. The van der Waals surface area contributed by atoms with Crippen LogP contribution in [-0.2, 0) is 20.8 Å². The number of anilines is 3. The second kappa shape index (κ2) is 14.3. The van der Waals surface area contributed by atoms with Gasteiger partial charge in [-0.1, -0.05) is 60.7 Å². The van der Waals surface area contributed by atoms with Crippen molar-refractivity contribution in [1.29, 1.82) is 0 Å². The van der Waals surface area contributed by atoms with Crippen LogP contribution in [-0.4, -0.2) is 52.2 Å². The summed E-state index contributed by atoms with van der Waals surface area (Å²) in [5.74, 6) is 0.209. The highest BCUT2D eigenvalue weighted by Gasteiger charge is 2.40. The minimum absolute atomic E-state index is 0.0586. The first-order valence-corrected chi connectivity index (χ1v) is 17.4. The second-order valence-corrected chi connectivity index (χ2v) is 13.8. The maximum absolute atomic E-state index is 15.0. The Kier molecular flexibility index (Phi) is 9.57. The van der Waals surface area contributed by atoms with Gasteiger partial charge in [0.25, 0.3) is 5.91 Å². The van der Waals surface area contributed by atoms with Gasteiger partial charge in [0.05, 0.1) is 30.7 Å². The number of aryl methyl sites for hydroxylation is 1. The summed E-state index contributed by atoms with van der Waals surface area (Å²) in [7, 11) is 4.83. The number of ether oxygens (including phenoxy) is 4. The molecule has 0 aromatic heterocycles. The predicted molar refractivity (Wildman–Crippen MR) is 204 cm³/mol. The Balaban J connectivity index is 1.34. The number of benzene rings is 5. The molecule has 0 unspecified atom stereocenters. The molecule has 1 N–H and O–H groups in total. The number of hydrogen-bond acceptors (Lipinski definition) is 7. The number of nitrogens with one attached hydrogen (secondary N) is 1. The molecule has 0 spiro atoms. The molecule has 5 aromatic rings. The van der Waals surface area contributed by atoms with Crippen molar-refractivity contribution in [3.8, 4) is 33.8 Å². The maximum Gasteiger partial charge on any atom is 0.414 e. The number of fused-ring (bicyclic) bond motifs is 4. The zero-order valence-electron chi connectivity index (χ0n) is 30.7. The van der Waals surface area contributed by atoms with Crippen LogP contribution in [0.4, 0.5) is 26.2 Å². The molecule has 0 atom stereocenters. The number of nitrogens with zero attached hydrogens (tertiary/aromatic N) is 2. The molecule has 2 aliphatic rings. The number of hydrogen-bond donors (Lipinski definition) is 1. The van der Waals surface area contributed by atoms with Gasteiger partial charge in [0.15, 0.2) is 6.79 Å². The average molecular weight is 716 g/mol. The third-order valence-corrected chi connectivity index (χ3v) is 10.0. The molecule has 0 saturated heterocycles. The number of methoxy groups -OCH3 is 2. The summed E-state index contributed by atoms with van der Waals surface area (Å²) in [6.07, 6.45) is -0.655. The Morgan fingerprint density at radius 2 is 1.57 bits per heavy atom. The lowest BCUT2D eigenvalue weighted by molar-refractivity contribution is -0.121.